The van der Waals surface area contributed by atoms with Gasteiger partial charge in [0.05, 0.1) is 6.54 Å². The second-order valence-corrected chi connectivity index (χ2v) is 9.66. The molecule has 0 spiro atoms. The molecule has 1 amide bonds. The summed E-state index contributed by atoms with van der Waals surface area (Å²) in [4.78, 5) is 13.6. The number of hydrogen-bond donors (Lipinski definition) is 0. The van der Waals surface area contributed by atoms with Crippen LogP contribution in [0.2, 0.25) is 5.02 Å². The van der Waals surface area contributed by atoms with Crippen molar-refractivity contribution >= 4 is 27.5 Å². The third-order valence-corrected chi connectivity index (χ3v) is 7.37. The van der Waals surface area contributed by atoms with E-state index in [0.29, 0.717) is 42.8 Å². The predicted octanol–water partition coefficient (Wildman–Crippen LogP) is 3.56. The average Bonchev–Trinajstić information content (AvgIpc) is 2.76. The van der Waals surface area contributed by atoms with Gasteiger partial charge in [-0.05, 0) is 55.3 Å². The Bertz CT molecular complexity index is 1030. The number of ether oxygens (including phenoxy) is 1. The molecule has 6 nitrogen and oxygen atoms in total. The van der Waals surface area contributed by atoms with Crippen LogP contribution in [0.5, 0.6) is 5.75 Å². The van der Waals surface area contributed by atoms with Crippen molar-refractivity contribution in [3.8, 4) is 5.75 Å². The number of carbonyl (C=O) groups excluding carboxylic acids is 1. The van der Waals surface area contributed by atoms with Crippen molar-refractivity contribution in [2.45, 2.75) is 17.7 Å². The molecule has 1 aliphatic heterocycles. The van der Waals surface area contributed by atoms with Crippen LogP contribution < -0.4 is 4.74 Å². The van der Waals surface area contributed by atoms with E-state index < -0.39 is 26.6 Å². The summed E-state index contributed by atoms with van der Waals surface area (Å²) in [6, 6.07) is 9.23. The molecule has 10 heteroatoms. The molecule has 1 aliphatic rings. The van der Waals surface area contributed by atoms with Gasteiger partial charge in [-0.15, -0.1) is 0 Å². The highest BCUT2D eigenvalue weighted by molar-refractivity contribution is 7.89. The Labute approximate surface area is 185 Å². The lowest BCUT2D eigenvalue weighted by molar-refractivity contribution is -0.135. The van der Waals surface area contributed by atoms with E-state index in [4.69, 9.17) is 16.3 Å². The molecule has 1 heterocycles. The first-order valence-electron chi connectivity index (χ1n) is 9.77. The summed E-state index contributed by atoms with van der Waals surface area (Å²) in [5.41, 5.74) is 0. The number of halogens is 3. The van der Waals surface area contributed by atoms with E-state index >= 15 is 0 Å². The van der Waals surface area contributed by atoms with Crippen LogP contribution in [0.3, 0.4) is 0 Å². The van der Waals surface area contributed by atoms with Crippen LogP contribution in [0.1, 0.15) is 12.8 Å². The topological polar surface area (TPSA) is 66.9 Å². The lowest BCUT2D eigenvalue weighted by Crippen LogP contribution is -2.44. The first kappa shape index (κ1) is 23.4. The third-order valence-electron chi connectivity index (χ3n) is 5.20. The molecule has 0 aliphatic carbocycles. The molecule has 1 saturated heterocycles. The second-order valence-electron chi connectivity index (χ2n) is 7.32. The fourth-order valence-electron chi connectivity index (χ4n) is 3.41. The zero-order valence-corrected chi connectivity index (χ0v) is 18.5. The third kappa shape index (κ3) is 5.72. The summed E-state index contributed by atoms with van der Waals surface area (Å²) < 4.78 is 59.4. The van der Waals surface area contributed by atoms with E-state index in [1.54, 1.807) is 36.2 Å². The van der Waals surface area contributed by atoms with Crippen LogP contribution in [0.15, 0.2) is 47.4 Å². The zero-order valence-electron chi connectivity index (χ0n) is 16.9. The summed E-state index contributed by atoms with van der Waals surface area (Å²) in [5.74, 6) is -1.63. The second kappa shape index (κ2) is 9.93. The molecule has 31 heavy (non-hydrogen) atoms. The molecule has 168 valence electrons. The lowest BCUT2D eigenvalue weighted by atomic mass is 9.97. The summed E-state index contributed by atoms with van der Waals surface area (Å²) in [6.45, 7) is 0.790. The number of amides is 1. The first-order chi connectivity index (χ1) is 14.7. The molecule has 0 N–H and O–H groups in total. The van der Waals surface area contributed by atoms with Gasteiger partial charge >= 0.3 is 0 Å². The molecule has 2 aromatic rings. The van der Waals surface area contributed by atoms with Gasteiger partial charge in [-0.1, -0.05) is 11.6 Å². The Morgan fingerprint density at radius 3 is 2.45 bits per heavy atom. The summed E-state index contributed by atoms with van der Waals surface area (Å²) >= 11 is 5.83. The van der Waals surface area contributed by atoms with Gasteiger partial charge in [0.25, 0.3) is 0 Å². The van der Waals surface area contributed by atoms with Gasteiger partial charge in [0.15, 0.2) is 0 Å². The normalized spacial score (nSPS) is 15.6. The Hall–Kier alpha value is -2.23. The largest absolute Gasteiger partial charge is 0.492 e. The van der Waals surface area contributed by atoms with Crippen LogP contribution in [-0.4, -0.2) is 56.8 Å². The van der Waals surface area contributed by atoms with Gasteiger partial charge in [0.2, 0.25) is 15.9 Å². The van der Waals surface area contributed by atoms with E-state index in [-0.39, 0.29) is 24.9 Å². The molecule has 2 aromatic carbocycles. The van der Waals surface area contributed by atoms with Gasteiger partial charge in [0.1, 0.15) is 28.9 Å². The number of carbonyl (C=O) groups is 1. The molecule has 1 fully saturated rings. The average molecular weight is 473 g/mol. The van der Waals surface area contributed by atoms with Crippen molar-refractivity contribution < 1.29 is 26.7 Å². The first-order valence-corrected chi connectivity index (χ1v) is 11.6. The number of sulfonamides is 1. The molecular formula is C21H23ClF2N2O4S. The van der Waals surface area contributed by atoms with Crippen LogP contribution in [0.25, 0.3) is 0 Å². The van der Waals surface area contributed by atoms with Gasteiger partial charge in [0, 0.05) is 31.1 Å². The Balaban J connectivity index is 1.51. The molecule has 3 rings (SSSR count). The molecule has 0 radical (unpaired) electrons. The van der Waals surface area contributed by atoms with Crippen LogP contribution in [0, 0.1) is 17.6 Å². The van der Waals surface area contributed by atoms with E-state index in [0.717, 1.165) is 16.4 Å². The Morgan fingerprint density at radius 1 is 1.16 bits per heavy atom. The van der Waals surface area contributed by atoms with E-state index in [1.165, 1.54) is 0 Å². The Morgan fingerprint density at radius 2 is 1.81 bits per heavy atom. The maximum absolute atomic E-state index is 13.9. The SMILES string of the molecule is CN(CCOc1ccc(Cl)cc1)C(=O)C1CCN(S(=O)(=O)c2cc(F)ccc2F)CC1. The van der Waals surface area contributed by atoms with E-state index in [9.17, 15) is 22.0 Å². The molecule has 0 atom stereocenters. The van der Waals surface area contributed by atoms with Crippen molar-refractivity contribution in [3.63, 3.8) is 0 Å². The highest BCUT2D eigenvalue weighted by atomic mass is 35.5. The Kier molecular flexibility index (Phi) is 7.51. The maximum Gasteiger partial charge on any atom is 0.246 e. The van der Waals surface area contributed by atoms with Crippen LogP contribution >= 0.6 is 11.6 Å². The van der Waals surface area contributed by atoms with Crippen molar-refractivity contribution in [1.82, 2.24) is 9.21 Å². The van der Waals surface area contributed by atoms with E-state index in [2.05, 4.69) is 0 Å². The number of piperidine rings is 1. The van der Waals surface area contributed by atoms with Gasteiger partial charge in [-0.25, -0.2) is 17.2 Å². The number of likely N-dealkylation sites (N-methyl/N-ethyl adjacent to an activating group) is 1. The highest BCUT2D eigenvalue weighted by Gasteiger charge is 2.34. The predicted molar refractivity (Wildman–Crippen MR) is 112 cm³/mol. The number of nitrogens with zero attached hydrogens (tertiary/aromatic N) is 2. The summed E-state index contributed by atoms with van der Waals surface area (Å²) in [6.07, 6.45) is 0.606. The standard InChI is InChI=1S/C21H23ClF2N2O4S/c1-25(12-13-30-18-5-2-16(22)3-6-18)21(27)15-8-10-26(11-9-15)31(28,29)20-14-17(23)4-7-19(20)24/h2-7,14-15H,8-13H2,1H3. The van der Waals surface area contributed by atoms with Crippen molar-refractivity contribution in [2.75, 3.05) is 33.3 Å². The summed E-state index contributed by atoms with van der Waals surface area (Å²) in [7, 11) is -2.50. The van der Waals surface area contributed by atoms with Crippen LogP contribution in [0.4, 0.5) is 8.78 Å². The number of benzene rings is 2. The fraction of sp³-hybridized carbons (Fsp3) is 0.381. The van der Waals surface area contributed by atoms with E-state index in [1.807, 2.05) is 0 Å². The van der Waals surface area contributed by atoms with Crippen molar-refractivity contribution in [1.29, 1.82) is 0 Å². The minimum absolute atomic E-state index is 0.0593. The minimum atomic E-state index is -4.17. The fourth-order valence-corrected chi connectivity index (χ4v) is 5.08. The summed E-state index contributed by atoms with van der Waals surface area (Å²) in [5, 5.41) is 0.605. The molecule has 0 aromatic heterocycles. The lowest BCUT2D eigenvalue weighted by Gasteiger charge is -2.32. The monoisotopic (exact) mass is 472 g/mol. The van der Waals surface area contributed by atoms with Gasteiger partial charge in [-0.3, -0.25) is 4.79 Å². The highest BCUT2D eigenvalue weighted by Crippen LogP contribution is 2.26. The number of rotatable bonds is 7. The minimum Gasteiger partial charge on any atom is -0.492 e. The molecule has 0 saturated carbocycles. The van der Waals surface area contributed by atoms with Gasteiger partial charge < -0.3 is 9.64 Å². The molecule has 0 unspecified atom stereocenters. The molecular weight excluding hydrogens is 450 g/mol. The van der Waals surface area contributed by atoms with Crippen molar-refractivity contribution in [2.24, 2.45) is 5.92 Å². The van der Waals surface area contributed by atoms with Crippen molar-refractivity contribution in [3.05, 3.63) is 59.1 Å². The van der Waals surface area contributed by atoms with Gasteiger partial charge in [-0.2, -0.15) is 4.31 Å². The maximum atomic E-state index is 13.9. The van der Waals surface area contributed by atoms with Crippen LogP contribution in [-0.2, 0) is 14.8 Å². The number of hydrogen-bond acceptors (Lipinski definition) is 4. The molecule has 0 bridgehead atoms. The zero-order chi connectivity index (χ0) is 22.6. The smallest absolute Gasteiger partial charge is 0.246 e. The quantitative estimate of drug-likeness (QED) is 0.618.